The van der Waals surface area contributed by atoms with Crippen molar-refractivity contribution in [1.29, 1.82) is 0 Å². The summed E-state index contributed by atoms with van der Waals surface area (Å²) in [4.78, 5) is 178. The van der Waals surface area contributed by atoms with Crippen LogP contribution in [0.2, 0.25) is 0 Å². The monoisotopic (exact) mass is 1320 g/mol. The van der Waals surface area contributed by atoms with Gasteiger partial charge in [0.2, 0.25) is 65.0 Å². The van der Waals surface area contributed by atoms with Crippen molar-refractivity contribution >= 4 is 76.9 Å². The van der Waals surface area contributed by atoms with Gasteiger partial charge in [-0.05, 0) is 98.7 Å². The number of aliphatic hydroxyl groups excluding tert-OH is 3. The highest BCUT2D eigenvalue weighted by Crippen LogP contribution is 2.23. The molecule has 32 heteroatoms. The summed E-state index contributed by atoms with van der Waals surface area (Å²) in [7, 11) is 0. The molecule has 94 heavy (non-hydrogen) atoms. The molecule has 5 rings (SSSR count). The maximum absolute atomic E-state index is 14.7. The van der Waals surface area contributed by atoms with Crippen molar-refractivity contribution in [1.82, 2.24) is 52.3 Å². The number of carbonyl (C=O) groups excluding carboxylic acids is 11. The van der Waals surface area contributed by atoms with E-state index in [1.807, 2.05) is 0 Å². The Morgan fingerprint density at radius 2 is 0.947 bits per heavy atom. The van der Waals surface area contributed by atoms with E-state index in [2.05, 4.69) is 42.5 Å². The highest BCUT2D eigenvalue weighted by Gasteiger charge is 2.43. The summed E-state index contributed by atoms with van der Waals surface area (Å²) < 4.78 is 0. The van der Waals surface area contributed by atoms with E-state index in [1.54, 1.807) is 44.2 Å². The van der Waals surface area contributed by atoms with Crippen LogP contribution in [0.3, 0.4) is 0 Å². The molecule has 0 spiro atoms. The zero-order chi connectivity index (χ0) is 69.5. The lowest BCUT2D eigenvalue weighted by Gasteiger charge is -2.31. The van der Waals surface area contributed by atoms with Gasteiger partial charge in [-0.1, -0.05) is 68.4 Å². The Balaban J connectivity index is 1.29. The lowest BCUT2D eigenvalue weighted by Crippen LogP contribution is -2.62. The molecular weight excluding hydrogens is 1230 g/mol. The summed E-state index contributed by atoms with van der Waals surface area (Å²) in [5.41, 5.74) is 13.1. The van der Waals surface area contributed by atoms with Gasteiger partial charge in [-0.2, -0.15) is 0 Å². The maximum Gasteiger partial charge on any atom is 0.326 e. The molecule has 0 aromatic heterocycles. The standard InChI is InChI=1S/C62H84N12O20/c1-32(2)25-44(62(93)94)69-54(85)42(29-49(64)80)67-53(84)40(21-22-50(81)82)65-57(88)47-11-7-23-73(47)60(91)43(28-36-15-19-38(79)20-16-36)68-56(87)45(30-75)70-58(89)48-12-8-24-74(48)61(92)46(31-76)71-59(90)51(33(3)77)72-55(86)41(27-35-13-17-37(78)18-14-35)66-52(83)39(63)26-34-9-5-4-6-10-34/h4-6,9-10,13-20,32-33,39-48,51,75-79H,7-8,11-12,21-31,63H2,1-3H3,(H2,64,80)(H,65,88)(H,66,83)(H,67,84)(H,68,87)(H,69,85)(H,70,89)(H,71,90)(H,72,86)(H,81,82)(H,93,94)/t33-,39+,40+,41+,42+,43+,44+,45+,46+,47+,48+,51+/m1/s1. The molecule has 0 radical (unpaired) electrons. The molecule has 12 atom stereocenters. The van der Waals surface area contributed by atoms with Gasteiger partial charge in [-0.3, -0.25) is 57.5 Å². The molecule has 0 bridgehead atoms. The number of carbonyl (C=O) groups is 13. The van der Waals surface area contributed by atoms with Crippen LogP contribution in [0.4, 0.5) is 0 Å². The number of aliphatic carboxylic acids is 2. The van der Waals surface area contributed by atoms with Crippen LogP contribution >= 0.6 is 0 Å². The van der Waals surface area contributed by atoms with Gasteiger partial charge in [0.1, 0.15) is 71.9 Å². The fraction of sp³-hybridized carbons (Fsp3) is 0.500. The second-order valence-electron chi connectivity index (χ2n) is 23.5. The van der Waals surface area contributed by atoms with Gasteiger partial charge >= 0.3 is 11.9 Å². The van der Waals surface area contributed by atoms with E-state index in [1.165, 1.54) is 48.5 Å². The minimum atomic E-state index is -1.83. The minimum Gasteiger partial charge on any atom is -0.508 e. The number of carboxylic acids is 2. The lowest BCUT2D eigenvalue weighted by molar-refractivity contribution is -0.144. The van der Waals surface area contributed by atoms with Crippen LogP contribution in [0.5, 0.6) is 11.5 Å². The van der Waals surface area contributed by atoms with Crippen molar-refractivity contribution in [2.45, 2.75) is 164 Å². The fourth-order valence-electron chi connectivity index (χ4n) is 10.7. The maximum atomic E-state index is 14.7. The van der Waals surface area contributed by atoms with Gasteiger partial charge < -0.3 is 99.5 Å². The first kappa shape index (κ1) is 74.9. The number of rotatable bonds is 35. The molecule has 2 saturated heterocycles. The normalized spacial score (nSPS) is 17.6. The van der Waals surface area contributed by atoms with E-state index in [4.69, 9.17) is 11.5 Å². The lowest BCUT2D eigenvalue weighted by atomic mass is 10.0. The smallest absolute Gasteiger partial charge is 0.326 e. The van der Waals surface area contributed by atoms with E-state index >= 15 is 0 Å². The Morgan fingerprint density at radius 1 is 0.511 bits per heavy atom. The number of nitrogens with zero attached hydrogens (tertiary/aromatic N) is 2. The van der Waals surface area contributed by atoms with Crippen molar-refractivity contribution in [2.24, 2.45) is 17.4 Å². The van der Waals surface area contributed by atoms with Gasteiger partial charge in [0.15, 0.2) is 0 Å². The number of amides is 11. The third-order valence-electron chi connectivity index (χ3n) is 15.6. The first-order valence-electron chi connectivity index (χ1n) is 30.5. The number of nitrogens with two attached hydrogens (primary N) is 2. The number of aromatic hydroxyl groups is 2. The first-order valence-corrected chi connectivity index (χ1v) is 30.5. The van der Waals surface area contributed by atoms with Crippen molar-refractivity contribution in [3.8, 4) is 11.5 Å². The number of carboxylic acid groups (broad SMARTS) is 2. The zero-order valence-corrected chi connectivity index (χ0v) is 52.1. The van der Waals surface area contributed by atoms with E-state index in [0.29, 0.717) is 11.1 Å². The van der Waals surface area contributed by atoms with E-state index in [-0.39, 0.29) is 81.9 Å². The van der Waals surface area contributed by atoms with Crippen LogP contribution in [0.25, 0.3) is 0 Å². The highest BCUT2D eigenvalue weighted by molar-refractivity contribution is 6.00. The van der Waals surface area contributed by atoms with Crippen molar-refractivity contribution in [2.75, 3.05) is 26.3 Å². The highest BCUT2D eigenvalue weighted by atomic mass is 16.4. The van der Waals surface area contributed by atoms with Crippen LogP contribution in [0.1, 0.15) is 88.8 Å². The van der Waals surface area contributed by atoms with Crippen LogP contribution in [0.15, 0.2) is 78.9 Å². The largest absolute Gasteiger partial charge is 0.508 e. The second kappa shape index (κ2) is 35.9. The molecule has 32 nitrogen and oxygen atoms in total. The van der Waals surface area contributed by atoms with E-state index in [0.717, 1.165) is 22.3 Å². The molecular formula is C62H84N12O20. The average molecular weight is 1320 g/mol. The van der Waals surface area contributed by atoms with Gasteiger partial charge in [0, 0.05) is 32.4 Å². The molecule has 512 valence electrons. The van der Waals surface area contributed by atoms with Crippen molar-refractivity contribution in [3.63, 3.8) is 0 Å². The van der Waals surface area contributed by atoms with Gasteiger partial charge in [-0.15, -0.1) is 0 Å². The second-order valence-corrected chi connectivity index (χ2v) is 23.5. The third kappa shape index (κ3) is 22.5. The summed E-state index contributed by atoms with van der Waals surface area (Å²) in [6.07, 6.45) is -3.96. The number of likely N-dealkylation sites (tertiary alicyclic amines) is 2. The molecule has 3 aromatic carbocycles. The number of hydrogen-bond donors (Lipinski definition) is 17. The van der Waals surface area contributed by atoms with Crippen LogP contribution in [-0.4, -0.2) is 221 Å². The quantitative estimate of drug-likeness (QED) is 0.0264. The van der Waals surface area contributed by atoms with Gasteiger partial charge in [0.25, 0.3) is 0 Å². The molecule has 11 amide bonds. The Bertz CT molecular complexity index is 3170. The molecule has 2 aliphatic heterocycles. The predicted octanol–water partition coefficient (Wildman–Crippen LogP) is -4.45. The number of phenols is 2. The predicted molar refractivity (Wildman–Crippen MR) is 330 cm³/mol. The SMILES string of the molecule is CC(C)C[C@H](NC(=O)[C@H](CC(N)=O)NC(=O)[C@H](CCC(=O)O)NC(=O)[C@@H]1CCCN1C(=O)[C@H](Cc1ccc(O)cc1)NC(=O)[C@H](CO)NC(=O)[C@@H]1CCCN1C(=O)[C@H](CO)NC(=O)[C@@H](NC(=O)[C@H](Cc1ccc(O)cc1)NC(=O)[C@@H](N)Cc1ccccc1)[C@@H](C)O)C(=O)O. The molecule has 0 saturated carbocycles. The fourth-order valence-corrected chi connectivity index (χ4v) is 10.7. The topological polar surface area (TPSA) is 518 Å². The van der Waals surface area contributed by atoms with E-state index < -0.39 is 182 Å². The van der Waals surface area contributed by atoms with Crippen LogP contribution in [0, 0.1) is 5.92 Å². The summed E-state index contributed by atoms with van der Waals surface area (Å²) in [5.74, 6) is -14.6. The number of aliphatic hydroxyl groups is 3. The summed E-state index contributed by atoms with van der Waals surface area (Å²) >= 11 is 0. The third-order valence-corrected chi connectivity index (χ3v) is 15.6. The molecule has 2 aliphatic rings. The Hall–Kier alpha value is -9.79. The Kier molecular flexibility index (Phi) is 28.6. The molecule has 0 unspecified atom stereocenters. The molecule has 19 N–H and O–H groups in total. The van der Waals surface area contributed by atoms with Gasteiger partial charge in [0.05, 0.1) is 31.8 Å². The Morgan fingerprint density at radius 3 is 1.44 bits per heavy atom. The van der Waals surface area contributed by atoms with Gasteiger partial charge in [-0.25, -0.2) is 4.79 Å². The molecule has 0 aliphatic carbocycles. The number of nitrogens with one attached hydrogen (secondary N) is 8. The van der Waals surface area contributed by atoms with Crippen LogP contribution in [-0.2, 0) is 81.6 Å². The summed E-state index contributed by atoms with van der Waals surface area (Å²) in [6, 6.07) is 2.54. The number of hydrogen-bond acceptors (Lipinski definition) is 19. The minimum absolute atomic E-state index is 0.0346. The summed E-state index contributed by atoms with van der Waals surface area (Å²) in [5, 5.41) is 90.1. The number of phenolic OH excluding ortho intramolecular Hbond substituents is 2. The summed E-state index contributed by atoms with van der Waals surface area (Å²) in [6.45, 7) is 2.13. The average Bonchev–Trinajstić information content (AvgIpc) is 1.60. The van der Waals surface area contributed by atoms with Crippen LogP contribution < -0.4 is 54.0 Å². The number of primary amides is 1. The van der Waals surface area contributed by atoms with E-state index in [9.17, 15) is 98.1 Å². The van der Waals surface area contributed by atoms with Crippen molar-refractivity contribution < 1.29 is 98.1 Å². The number of benzene rings is 3. The Labute approximate surface area is 540 Å². The zero-order valence-electron chi connectivity index (χ0n) is 52.1. The molecule has 2 heterocycles. The van der Waals surface area contributed by atoms with Crippen molar-refractivity contribution in [3.05, 3.63) is 95.6 Å². The molecule has 3 aromatic rings. The molecule has 2 fully saturated rings. The first-order chi connectivity index (χ1) is 44.5.